The molecule has 1 aromatic heterocycles. The van der Waals surface area contributed by atoms with Gasteiger partial charge in [0.2, 0.25) is 0 Å². The molecule has 0 aliphatic rings. The number of benzene rings is 2. The third kappa shape index (κ3) is 9.73. The van der Waals surface area contributed by atoms with Gasteiger partial charge in [0.25, 0.3) is 5.91 Å². The second-order valence-corrected chi connectivity index (χ2v) is 10.3. The van der Waals surface area contributed by atoms with Gasteiger partial charge in [-0.3, -0.25) is 9.59 Å². The average Bonchev–Trinajstić information content (AvgIpc) is 3.25. The second kappa shape index (κ2) is 18.6. The van der Waals surface area contributed by atoms with E-state index in [0.29, 0.717) is 40.1 Å². The van der Waals surface area contributed by atoms with Crippen molar-refractivity contribution >= 4 is 64.5 Å². The Labute approximate surface area is 252 Å². The van der Waals surface area contributed by atoms with E-state index in [1.807, 2.05) is 78.9 Å². The molecule has 0 spiro atoms. The molecule has 1 heterocycles. The van der Waals surface area contributed by atoms with Gasteiger partial charge in [-0.1, -0.05) is 56.1 Å². The Morgan fingerprint density at radius 1 is 1.12 bits per heavy atom. The van der Waals surface area contributed by atoms with E-state index >= 15 is 0 Å². The summed E-state index contributed by atoms with van der Waals surface area (Å²) in [5.41, 5.74) is 5.94. The third-order valence-corrected chi connectivity index (χ3v) is 7.59. The molecule has 0 bridgehead atoms. The fourth-order valence-corrected chi connectivity index (χ4v) is 5.12. The van der Waals surface area contributed by atoms with E-state index in [0.717, 1.165) is 51.4 Å². The van der Waals surface area contributed by atoms with Gasteiger partial charge in [0, 0.05) is 59.1 Å². The molecule has 0 aliphatic heterocycles. The molecule has 4 N–H and O–H groups in total. The van der Waals surface area contributed by atoms with Crippen molar-refractivity contribution < 1.29 is 14.7 Å². The zero-order valence-electron chi connectivity index (χ0n) is 24.4. The zero-order valence-corrected chi connectivity index (χ0v) is 26.7. The van der Waals surface area contributed by atoms with Crippen LogP contribution >= 0.6 is 35.0 Å². The normalized spacial score (nSPS) is 10.6. The smallest absolute Gasteiger partial charge is 0.253 e. The number of aromatic amines is 1. The summed E-state index contributed by atoms with van der Waals surface area (Å²) in [7, 11) is 1.82. The van der Waals surface area contributed by atoms with Crippen molar-refractivity contribution in [3.05, 3.63) is 80.1 Å². The topological polar surface area (TPSA) is 94.2 Å². The summed E-state index contributed by atoms with van der Waals surface area (Å²) >= 11 is 14.1. The van der Waals surface area contributed by atoms with E-state index in [1.54, 1.807) is 23.9 Å². The highest BCUT2D eigenvalue weighted by Gasteiger charge is 2.18. The van der Waals surface area contributed by atoms with Crippen LogP contribution < -0.4 is 10.6 Å². The first-order chi connectivity index (χ1) is 19.2. The quantitative estimate of drug-likeness (QED) is 0.106. The molecule has 40 heavy (non-hydrogen) atoms. The number of aromatic nitrogens is 1. The van der Waals surface area contributed by atoms with Crippen LogP contribution in [0.5, 0.6) is 0 Å². The molecule has 3 rings (SSSR count). The maximum Gasteiger partial charge on any atom is 0.253 e. The number of rotatable bonds is 10. The molecule has 0 radical (unpaired) electrons. The van der Waals surface area contributed by atoms with Crippen molar-refractivity contribution in [3.8, 4) is 0 Å². The van der Waals surface area contributed by atoms with Crippen LogP contribution in [-0.4, -0.2) is 42.5 Å². The number of hydrogen-bond acceptors (Lipinski definition) is 5. The van der Waals surface area contributed by atoms with Crippen molar-refractivity contribution in [2.24, 2.45) is 0 Å². The lowest BCUT2D eigenvalue weighted by Crippen LogP contribution is -2.23. The highest BCUT2D eigenvalue weighted by atomic mass is 35.5. The van der Waals surface area contributed by atoms with Gasteiger partial charge >= 0.3 is 0 Å². The Kier molecular flexibility index (Phi) is 16.4. The highest BCUT2D eigenvalue weighted by Crippen LogP contribution is 2.34. The van der Waals surface area contributed by atoms with E-state index < -0.39 is 0 Å². The lowest BCUT2D eigenvalue weighted by molar-refractivity contribution is -0.103. The van der Waals surface area contributed by atoms with Crippen LogP contribution in [0.25, 0.3) is 11.6 Å². The molecule has 218 valence electrons. The van der Waals surface area contributed by atoms with Crippen LogP contribution in [0.4, 0.5) is 5.69 Å². The summed E-state index contributed by atoms with van der Waals surface area (Å²) in [5, 5.41) is 15.0. The first-order valence-electron chi connectivity index (χ1n) is 13.3. The highest BCUT2D eigenvalue weighted by molar-refractivity contribution is 7.98. The predicted molar refractivity (Wildman–Crippen MR) is 173 cm³/mol. The molecule has 1 amide bonds. The predicted octanol–water partition coefficient (Wildman–Crippen LogP) is 8.18. The molecule has 2 aromatic carbocycles. The molecule has 0 aliphatic carbocycles. The van der Waals surface area contributed by atoms with Crippen molar-refractivity contribution in [1.82, 2.24) is 10.3 Å². The van der Waals surface area contributed by atoms with Crippen LogP contribution in [0.3, 0.4) is 0 Å². The van der Waals surface area contributed by atoms with Crippen molar-refractivity contribution in [2.75, 3.05) is 25.5 Å². The maximum atomic E-state index is 12.5. The lowest BCUT2D eigenvalue weighted by atomic mass is 10.0. The van der Waals surface area contributed by atoms with Crippen LogP contribution in [0, 0.1) is 13.8 Å². The van der Waals surface area contributed by atoms with E-state index in [4.69, 9.17) is 28.3 Å². The fraction of sp³-hybridized carbons (Fsp3) is 0.355. The van der Waals surface area contributed by atoms with Gasteiger partial charge in [0.15, 0.2) is 6.29 Å². The fourth-order valence-electron chi connectivity index (χ4n) is 3.73. The molecule has 0 fully saturated rings. The number of H-pyrrole nitrogens is 1. The number of allylic oxidation sites excluding steroid dienone is 1. The first-order valence-corrected chi connectivity index (χ1v) is 15.1. The standard InChI is InChI=1S/C26H27Cl2N3O2S.C3H8O.C2H6/c1-5-30-26(33)24-15(2)23(31-16(24)3)11-18(13-32)20-12-19(9-10-22(20)29-4)34-14-17-7-6-8-21(27)25(17)28;1-2-3-4;1-2/h6-13,29,31H,5,14H2,1-4H3,(H,30,33);4H,2-3H2,1H3;1-2H3/b18-11+;;. The monoisotopic (exact) mass is 605 g/mol. The lowest BCUT2D eigenvalue weighted by Gasteiger charge is -2.12. The number of nitrogens with one attached hydrogen (secondary N) is 3. The summed E-state index contributed by atoms with van der Waals surface area (Å²) < 4.78 is 0. The van der Waals surface area contributed by atoms with Crippen LogP contribution in [-0.2, 0) is 10.5 Å². The molecular weight excluding hydrogens is 565 g/mol. The molecule has 0 unspecified atom stereocenters. The summed E-state index contributed by atoms with van der Waals surface area (Å²) in [5.74, 6) is 0.512. The second-order valence-electron chi connectivity index (χ2n) is 8.42. The van der Waals surface area contributed by atoms with E-state index in [-0.39, 0.29) is 5.91 Å². The molecule has 3 aromatic rings. The molecule has 6 nitrogen and oxygen atoms in total. The number of aliphatic hydroxyl groups is 1. The number of hydrogen-bond donors (Lipinski definition) is 4. The van der Waals surface area contributed by atoms with Crippen LogP contribution in [0.1, 0.15) is 72.6 Å². The summed E-state index contributed by atoms with van der Waals surface area (Å²) in [6.45, 7) is 12.4. The zero-order chi connectivity index (χ0) is 30.2. The number of thioether (sulfide) groups is 1. The number of amides is 1. The molecule has 0 saturated heterocycles. The molecule has 0 saturated carbocycles. The number of halogens is 2. The van der Waals surface area contributed by atoms with Gasteiger partial charge in [-0.2, -0.15) is 0 Å². The number of aryl methyl sites for hydroxylation is 1. The Balaban J connectivity index is 0.00000122. The minimum atomic E-state index is -0.130. The summed E-state index contributed by atoms with van der Waals surface area (Å²) in [6, 6.07) is 11.5. The van der Waals surface area contributed by atoms with E-state index in [9.17, 15) is 9.59 Å². The van der Waals surface area contributed by atoms with Gasteiger partial charge < -0.3 is 20.7 Å². The van der Waals surface area contributed by atoms with Crippen molar-refractivity contribution in [1.29, 1.82) is 0 Å². The Hall–Kier alpha value is -2.71. The molecular formula is C31H41Cl2N3O3S. The van der Waals surface area contributed by atoms with Crippen molar-refractivity contribution in [3.63, 3.8) is 0 Å². The molecule has 9 heteroatoms. The van der Waals surface area contributed by atoms with E-state index in [2.05, 4.69) is 15.6 Å². The number of anilines is 1. The number of carbonyl (C=O) groups excluding carboxylic acids is 2. The van der Waals surface area contributed by atoms with Gasteiger partial charge in [-0.25, -0.2) is 0 Å². The van der Waals surface area contributed by atoms with Gasteiger partial charge in [-0.15, -0.1) is 11.8 Å². The maximum absolute atomic E-state index is 12.5. The SMILES string of the molecule is CC.CCCO.CCNC(=O)c1c(C)[nH]c(/C=C(\C=O)c2cc(SCc3cccc(Cl)c3Cl)ccc2NC)c1C. The number of aldehydes is 1. The van der Waals surface area contributed by atoms with Gasteiger partial charge in [-0.05, 0) is 68.7 Å². The Bertz CT molecular complexity index is 1290. The van der Waals surface area contributed by atoms with Crippen LogP contribution in [0.2, 0.25) is 10.0 Å². The Morgan fingerprint density at radius 3 is 2.38 bits per heavy atom. The first kappa shape index (κ1) is 35.3. The van der Waals surface area contributed by atoms with E-state index in [1.165, 1.54) is 0 Å². The minimum absolute atomic E-state index is 0.130. The summed E-state index contributed by atoms with van der Waals surface area (Å²) in [4.78, 5) is 28.8. The third-order valence-electron chi connectivity index (χ3n) is 5.69. The largest absolute Gasteiger partial charge is 0.396 e. The van der Waals surface area contributed by atoms with Crippen LogP contribution in [0.15, 0.2) is 41.3 Å². The molecule has 0 atom stereocenters. The number of carbonyl (C=O) groups is 2. The van der Waals surface area contributed by atoms with Gasteiger partial charge in [0.05, 0.1) is 15.6 Å². The Morgan fingerprint density at radius 2 is 1.80 bits per heavy atom. The summed E-state index contributed by atoms with van der Waals surface area (Å²) in [6.07, 6.45) is 3.50. The average molecular weight is 607 g/mol. The van der Waals surface area contributed by atoms with Crippen molar-refractivity contribution in [2.45, 2.75) is 58.6 Å². The number of aliphatic hydroxyl groups excluding tert-OH is 1. The van der Waals surface area contributed by atoms with Gasteiger partial charge in [0.1, 0.15) is 0 Å². The minimum Gasteiger partial charge on any atom is -0.396 e.